The Kier molecular flexibility index (Phi) is 5.25. The van der Waals surface area contributed by atoms with Crippen molar-refractivity contribution < 1.29 is 24.2 Å². The fourth-order valence-electron chi connectivity index (χ4n) is 3.90. The lowest BCUT2D eigenvalue weighted by atomic mass is 9.82. The zero-order valence-corrected chi connectivity index (χ0v) is 16.8. The first kappa shape index (κ1) is 20.3. The molecular weight excluding hydrogens is 396 g/mol. The molecule has 7 nitrogen and oxygen atoms in total. The summed E-state index contributed by atoms with van der Waals surface area (Å²) in [5.74, 6) is -1.12. The van der Waals surface area contributed by atoms with E-state index in [9.17, 15) is 14.4 Å². The van der Waals surface area contributed by atoms with Crippen molar-refractivity contribution in [3.05, 3.63) is 95.2 Å². The number of carboxylic acid groups (broad SMARTS) is 1. The van der Waals surface area contributed by atoms with Crippen LogP contribution in [0.1, 0.15) is 31.8 Å². The summed E-state index contributed by atoms with van der Waals surface area (Å²) < 4.78 is 4.74. The summed E-state index contributed by atoms with van der Waals surface area (Å²) in [5.41, 5.74) is 1.31. The number of aromatic carboxylic acids is 1. The Hall–Kier alpha value is -4.00. The largest absolute Gasteiger partial charge is 0.478 e. The predicted molar refractivity (Wildman–Crippen MR) is 114 cm³/mol. The van der Waals surface area contributed by atoms with Crippen molar-refractivity contribution in [2.24, 2.45) is 4.99 Å². The Bertz CT molecular complexity index is 1130. The number of allylic oxidation sites excluding steroid dienone is 2. The number of ether oxygens (including phenoxy) is 1. The quantitative estimate of drug-likeness (QED) is 0.728. The Morgan fingerprint density at radius 3 is 2.10 bits per heavy atom. The van der Waals surface area contributed by atoms with Gasteiger partial charge in [0.05, 0.1) is 18.2 Å². The van der Waals surface area contributed by atoms with E-state index < -0.39 is 17.5 Å². The summed E-state index contributed by atoms with van der Waals surface area (Å²) in [6, 6.07) is 13.5. The number of nitrogens with zero attached hydrogens (tertiary/aromatic N) is 2. The summed E-state index contributed by atoms with van der Waals surface area (Å²) >= 11 is 0. The number of hydrogen-bond acceptors (Lipinski definition) is 5. The molecule has 7 heteroatoms. The molecule has 2 aliphatic rings. The molecular formula is C24H20N2O5. The number of aliphatic imine (C=N–C) groups is 1. The van der Waals surface area contributed by atoms with Crippen LogP contribution in [0.2, 0.25) is 0 Å². The van der Waals surface area contributed by atoms with Gasteiger partial charge in [0.25, 0.3) is 5.91 Å². The molecule has 4 rings (SSSR count). The van der Waals surface area contributed by atoms with Gasteiger partial charge in [-0.2, -0.15) is 4.99 Å². The van der Waals surface area contributed by atoms with Crippen molar-refractivity contribution in [2.75, 3.05) is 7.11 Å². The first-order valence-corrected chi connectivity index (χ1v) is 9.70. The summed E-state index contributed by atoms with van der Waals surface area (Å²) in [7, 11) is 1.33. The third-order valence-electron chi connectivity index (χ3n) is 5.48. The number of benzene rings is 2. The highest BCUT2D eigenvalue weighted by Crippen LogP contribution is 2.34. The second kappa shape index (κ2) is 8.02. The van der Waals surface area contributed by atoms with Crippen LogP contribution >= 0.6 is 0 Å². The van der Waals surface area contributed by atoms with E-state index in [-0.39, 0.29) is 11.5 Å². The second-order valence-corrected chi connectivity index (χ2v) is 7.42. The van der Waals surface area contributed by atoms with Crippen molar-refractivity contribution in [1.29, 1.82) is 0 Å². The van der Waals surface area contributed by atoms with Crippen LogP contribution in [-0.4, -0.2) is 46.3 Å². The lowest BCUT2D eigenvalue weighted by molar-refractivity contribution is -0.124. The monoisotopic (exact) mass is 416 g/mol. The number of esters is 1. The smallest absolute Gasteiger partial charge is 0.337 e. The maximum atomic E-state index is 13.2. The second-order valence-electron chi connectivity index (χ2n) is 7.42. The molecule has 0 bridgehead atoms. The fraction of sp³-hybridized carbons (Fsp3) is 0.167. The lowest BCUT2D eigenvalue weighted by Crippen LogP contribution is -2.52. The van der Waals surface area contributed by atoms with Crippen LogP contribution in [0.3, 0.4) is 0 Å². The minimum Gasteiger partial charge on any atom is -0.478 e. The van der Waals surface area contributed by atoms with Crippen molar-refractivity contribution in [3.63, 3.8) is 0 Å². The van der Waals surface area contributed by atoms with E-state index in [1.54, 1.807) is 42.5 Å². The molecule has 156 valence electrons. The molecule has 1 amide bonds. The van der Waals surface area contributed by atoms with Gasteiger partial charge < -0.3 is 14.7 Å². The van der Waals surface area contributed by atoms with Crippen molar-refractivity contribution >= 4 is 23.7 Å². The number of carboxylic acids is 1. The number of fused-ring (bicyclic) bond motifs is 1. The van der Waals surface area contributed by atoms with Crippen LogP contribution in [0.15, 0.2) is 78.0 Å². The minimum absolute atomic E-state index is 0.187. The van der Waals surface area contributed by atoms with Crippen LogP contribution < -0.4 is 0 Å². The highest BCUT2D eigenvalue weighted by Gasteiger charge is 2.49. The molecule has 2 aliphatic heterocycles. The molecule has 1 atom stereocenters. The van der Waals surface area contributed by atoms with E-state index in [0.29, 0.717) is 24.2 Å². The maximum Gasteiger partial charge on any atom is 0.337 e. The van der Waals surface area contributed by atoms with E-state index in [4.69, 9.17) is 9.84 Å². The third-order valence-corrected chi connectivity index (χ3v) is 5.48. The number of rotatable bonds is 6. The molecule has 2 heterocycles. The standard InChI is InChI=1S/C24H20N2O5/c1-31-22(29)19-11-7-17(8-12-19)15-24(14-16-5-9-18(10-6-16)21(27)28)23(30)25-20-4-2-3-13-26(20)24/h2-13H,14-15H2,1H3,(H,27,28). The number of carbonyl (C=O) groups is 3. The van der Waals surface area contributed by atoms with Crippen LogP contribution in [-0.2, 0) is 22.4 Å². The fourth-order valence-corrected chi connectivity index (χ4v) is 3.90. The van der Waals surface area contributed by atoms with Crippen molar-refractivity contribution in [3.8, 4) is 0 Å². The number of amides is 1. The van der Waals surface area contributed by atoms with Gasteiger partial charge in [-0.3, -0.25) is 4.79 Å². The third kappa shape index (κ3) is 3.77. The van der Waals surface area contributed by atoms with Crippen LogP contribution in [0.4, 0.5) is 0 Å². The maximum absolute atomic E-state index is 13.2. The predicted octanol–water partition coefficient (Wildman–Crippen LogP) is 3.02. The zero-order chi connectivity index (χ0) is 22.0. The molecule has 0 aromatic heterocycles. The number of methoxy groups -OCH3 is 1. The van der Waals surface area contributed by atoms with Crippen molar-refractivity contribution in [2.45, 2.75) is 18.4 Å². The summed E-state index contributed by atoms with van der Waals surface area (Å²) in [6.45, 7) is 0. The van der Waals surface area contributed by atoms with Crippen LogP contribution in [0.25, 0.3) is 0 Å². The normalized spacial score (nSPS) is 19.2. The highest BCUT2D eigenvalue weighted by atomic mass is 16.5. The van der Waals surface area contributed by atoms with Crippen molar-refractivity contribution in [1.82, 2.24) is 4.90 Å². The topological polar surface area (TPSA) is 96.3 Å². The Morgan fingerprint density at radius 2 is 1.55 bits per heavy atom. The number of amidine groups is 1. The van der Waals surface area contributed by atoms with E-state index in [2.05, 4.69) is 4.99 Å². The van der Waals surface area contributed by atoms with Crippen LogP contribution in [0.5, 0.6) is 0 Å². The van der Waals surface area contributed by atoms with Gasteiger partial charge in [-0.25, -0.2) is 9.59 Å². The number of hydrogen-bond donors (Lipinski definition) is 1. The lowest BCUT2D eigenvalue weighted by Gasteiger charge is -2.37. The van der Waals surface area contributed by atoms with Crippen LogP contribution in [0, 0.1) is 0 Å². The van der Waals surface area contributed by atoms with E-state index in [0.717, 1.165) is 11.1 Å². The van der Waals surface area contributed by atoms with Gasteiger partial charge in [0.1, 0.15) is 11.4 Å². The molecule has 2 aromatic carbocycles. The molecule has 0 saturated carbocycles. The first-order valence-electron chi connectivity index (χ1n) is 9.70. The molecule has 2 aromatic rings. The molecule has 31 heavy (non-hydrogen) atoms. The average Bonchev–Trinajstić information content (AvgIpc) is 3.05. The Morgan fingerprint density at radius 1 is 0.968 bits per heavy atom. The molecule has 1 N–H and O–H groups in total. The van der Waals surface area contributed by atoms with Gasteiger partial charge in [-0.1, -0.05) is 30.3 Å². The minimum atomic E-state index is -1.00. The van der Waals surface area contributed by atoms with E-state index in [1.807, 2.05) is 23.3 Å². The Labute approximate surface area is 179 Å². The molecule has 0 fully saturated rings. The summed E-state index contributed by atoms with van der Waals surface area (Å²) in [4.78, 5) is 42.2. The van der Waals surface area contributed by atoms with Gasteiger partial charge in [0, 0.05) is 19.0 Å². The number of carbonyl (C=O) groups excluding carboxylic acids is 2. The summed E-state index contributed by atoms with van der Waals surface area (Å²) in [5, 5.41) is 9.15. The molecule has 0 aliphatic carbocycles. The molecule has 0 spiro atoms. The summed E-state index contributed by atoms with van der Waals surface area (Å²) in [6.07, 6.45) is 7.99. The zero-order valence-electron chi connectivity index (χ0n) is 16.8. The first-order chi connectivity index (χ1) is 14.9. The molecule has 1 unspecified atom stereocenters. The SMILES string of the molecule is COC(=O)c1ccc(CC2(Cc3ccc(C(=O)O)cc3)C(=O)N=C3C=CC=CN32)cc1. The van der Waals surface area contributed by atoms with E-state index in [1.165, 1.54) is 19.2 Å². The average molecular weight is 416 g/mol. The molecule has 0 saturated heterocycles. The van der Waals surface area contributed by atoms with Gasteiger partial charge in [0.2, 0.25) is 0 Å². The van der Waals surface area contributed by atoms with E-state index >= 15 is 0 Å². The highest BCUT2D eigenvalue weighted by molar-refractivity contribution is 6.12. The molecule has 0 radical (unpaired) electrons. The van der Waals surface area contributed by atoms with Gasteiger partial charge in [-0.05, 0) is 47.5 Å². The Balaban J connectivity index is 1.69. The van der Waals surface area contributed by atoms with Gasteiger partial charge in [-0.15, -0.1) is 0 Å². The van der Waals surface area contributed by atoms with Gasteiger partial charge >= 0.3 is 11.9 Å². The van der Waals surface area contributed by atoms with Gasteiger partial charge in [0.15, 0.2) is 0 Å².